The minimum Gasteiger partial charge on any atom is -0.346 e. The minimum atomic E-state index is -4.99. The van der Waals surface area contributed by atoms with Gasteiger partial charge in [0, 0.05) is 37.8 Å². The second-order valence-corrected chi connectivity index (χ2v) is 9.35. The van der Waals surface area contributed by atoms with Gasteiger partial charge >= 0.3 is 12.1 Å². The number of hydrogen-bond donors (Lipinski definition) is 1. The van der Waals surface area contributed by atoms with Crippen molar-refractivity contribution < 1.29 is 31.5 Å². The molecule has 5 nitrogen and oxygen atoms in total. The number of likely N-dealkylation sites (tertiary alicyclic amines) is 1. The summed E-state index contributed by atoms with van der Waals surface area (Å²) >= 11 is 0. The molecule has 0 atom stereocenters. The Morgan fingerprint density at radius 2 is 1.84 bits per heavy atom. The number of alkyl halides is 4. The van der Waals surface area contributed by atoms with Crippen LogP contribution in [0.2, 0.25) is 0 Å². The Balaban J connectivity index is 1.46. The molecule has 0 unspecified atom stereocenters. The summed E-state index contributed by atoms with van der Waals surface area (Å²) in [6.07, 6.45) is -1.89. The van der Waals surface area contributed by atoms with E-state index in [2.05, 4.69) is 0 Å². The monoisotopic (exact) mass is 521 g/mol. The van der Waals surface area contributed by atoms with Crippen molar-refractivity contribution in [2.75, 3.05) is 19.8 Å². The largest absolute Gasteiger partial charge is 0.471 e. The molecule has 0 saturated carbocycles. The smallest absolute Gasteiger partial charge is 0.346 e. The minimum absolute atomic E-state index is 0.142. The molecule has 1 aromatic heterocycles. The fourth-order valence-electron chi connectivity index (χ4n) is 4.99. The van der Waals surface area contributed by atoms with Crippen molar-refractivity contribution in [3.05, 3.63) is 70.7 Å². The summed E-state index contributed by atoms with van der Waals surface area (Å²) in [6.45, 7) is 2.38. The summed E-state index contributed by atoms with van der Waals surface area (Å²) in [6, 6.07) is 9.73. The van der Waals surface area contributed by atoms with Crippen molar-refractivity contribution >= 4 is 22.7 Å². The Bertz CT molecular complexity index is 1290. The summed E-state index contributed by atoms with van der Waals surface area (Å²) in [5, 5.41) is 2.61. The molecule has 0 aliphatic carbocycles. The molecule has 37 heavy (non-hydrogen) atoms. The van der Waals surface area contributed by atoms with Gasteiger partial charge in [0.2, 0.25) is 0 Å². The van der Waals surface area contributed by atoms with Crippen molar-refractivity contribution in [2.24, 2.45) is 0 Å². The summed E-state index contributed by atoms with van der Waals surface area (Å²) in [5.41, 5.74) is 3.18. The van der Waals surface area contributed by atoms with Gasteiger partial charge in [-0.2, -0.15) is 13.2 Å². The molecular weight excluding hydrogens is 493 g/mol. The highest BCUT2D eigenvalue weighted by molar-refractivity contribution is 6.07. The molecule has 2 heterocycles. The third-order valence-corrected chi connectivity index (χ3v) is 6.86. The number of benzene rings is 2. The van der Waals surface area contributed by atoms with Crippen LogP contribution in [0.5, 0.6) is 0 Å². The highest BCUT2D eigenvalue weighted by Crippen LogP contribution is 2.33. The molecule has 1 saturated heterocycles. The SMILES string of the molecule is Cc1cccc2c(C(=O)N3CCC(c4cc(CNC(=O)C(F)(F)F)ccc4F)CC3)cn(CCCF)c12. The number of aryl methyl sites for hydroxylation is 2. The molecule has 0 radical (unpaired) electrons. The van der Waals surface area contributed by atoms with Gasteiger partial charge in [-0.15, -0.1) is 0 Å². The third-order valence-electron chi connectivity index (χ3n) is 6.86. The van der Waals surface area contributed by atoms with Crippen LogP contribution in [0, 0.1) is 12.7 Å². The lowest BCUT2D eigenvalue weighted by molar-refractivity contribution is -0.173. The van der Waals surface area contributed by atoms with E-state index in [1.54, 1.807) is 16.4 Å². The molecule has 0 bridgehead atoms. The van der Waals surface area contributed by atoms with Crippen LogP contribution in [-0.4, -0.2) is 47.2 Å². The van der Waals surface area contributed by atoms with Gasteiger partial charge in [0.05, 0.1) is 17.8 Å². The van der Waals surface area contributed by atoms with E-state index in [0.717, 1.165) is 16.5 Å². The van der Waals surface area contributed by atoms with Gasteiger partial charge in [0.15, 0.2) is 0 Å². The van der Waals surface area contributed by atoms with Crippen LogP contribution in [-0.2, 0) is 17.9 Å². The normalized spacial score (nSPS) is 14.8. The molecule has 1 aliphatic rings. The predicted octanol–water partition coefficient (Wildman–Crippen LogP) is 5.65. The highest BCUT2D eigenvalue weighted by atomic mass is 19.4. The molecule has 1 fully saturated rings. The number of carbonyl (C=O) groups excluding carboxylic acids is 2. The van der Waals surface area contributed by atoms with Crippen molar-refractivity contribution in [1.29, 1.82) is 0 Å². The van der Waals surface area contributed by atoms with Crippen molar-refractivity contribution in [1.82, 2.24) is 14.8 Å². The van der Waals surface area contributed by atoms with Gasteiger partial charge in [-0.3, -0.25) is 14.0 Å². The number of nitrogens with one attached hydrogen (secondary N) is 1. The number of hydrogen-bond acceptors (Lipinski definition) is 2. The van der Waals surface area contributed by atoms with Crippen molar-refractivity contribution in [3.8, 4) is 0 Å². The molecule has 3 aromatic rings. The number of aromatic nitrogens is 1. The summed E-state index contributed by atoms with van der Waals surface area (Å²) < 4.78 is 66.7. The first-order valence-electron chi connectivity index (χ1n) is 12.2. The quantitative estimate of drug-likeness (QED) is 0.409. The van der Waals surface area contributed by atoms with Crippen molar-refractivity contribution in [3.63, 3.8) is 0 Å². The zero-order chi connectivity index (χ0) is 26.7. The van der Waals surface area contributed by atoms with Crippen LogP contribution in [0.3, 0.4) is 0 Å². The third kappa shape index (κ3) is 5.78. The van der Waals surface area contributed by atoms with Crippen LogP contribution >= 0.6 is 0 Å². The maximum atomic E-state index is 14.6. The zero-order valence-corrected chi connectivity index (χ0v) is 20.4. The average Bonchev–Trinajstić information content (AvgIpc) is 3.25. The first kappa shape index (κ1) is 26.6. The van der Waals surface area contributed by atoms with Crippen molar-refractivity contribution in [2.45, 2.75) is 51.4 Å². The van der Waals surface area contributed by atoms with Gasteiger partial charge in [-0.1, -0.05) is 30.3 Å². The van der Waals surface area contributed by atoms with Crippen LogP contribution in [0.25, 0.3) is 10.9 Å². The Morgan fingerprint density at radius 3 is 2.51 bits per heavy atom. The molecule has 1 aliphatic heterocycles. The number of nitrogens with zero attached hydrogens (tertiary/aromatic N) is 2. The van der Waals surface area contributed by atoms with Gasteiger partial charge in [0.1, 0.15) is 5.82 Å². The van der Waals surface area contributed by atoms with E-state index in [0.29, 0.717) is 55.6 Å². The second-order valence-electron chi connectivity index (χ2n) is 9.35. The van der Waals surface area contributed by atoms with Gasteiger partial charge in [-0.05, 0) is 54.9 Å². The molecule has 2 aromatic carbocycles. The van der Waals surface area contributed by atoms with Crippen LogP contribution in [0.15, 0.2) is 42.6 Å². The molecule has 10 heteroatoms. The maximum absolute atomic E-state index is 14.6. The molecule has 0 spiro atoms. The van der Waals surface area contributed by atoms with E-state index in [-0.39, 0.29) is 18.4 Å². The number of rotatable bonds is 7. The van der Waals surface area contributed by atoms with E-state index >= 15 is 0 Å². The standard InChI is InChI=1S/C27H28F5N3O2/c1-17-4-2-5-20-22(16-35(24(17)20)11-3-10-28)25(36)34-12-8-19(9-13-34)21-14-18(6-7-23(21)29)15-33-26(37)27(30,31)32/h2,4-7,14,16,19H,3,8-13,15H2,1H3,(H,33,37). The summed E-state index contributed by atoms with van der Waals surface area (Å²) in [7, 11) is 0. The zero-order valence-electron chi connectivity index (χ0n) is 20.4. The van der Waals surface area contributed by atoms with E-state index in [4.69, 9.17) is 0 Å². The molecule has 2 amide bonds. The number of piperidine rings is 1. The number of carbonyl (C=O) groups is 2. The number of halogens is 5. The average molecular weight is 522 g/mol. The van der Waals surface area contributed by atoms with Gasteiger partial charge < -0.3 is 14.8 Å². The molecule has 1 N–H and O–H groups in total. The lowest BCUT2D eigenvalue weighted by Gasteiger charge is -2.32. The van der Waals surface area contributed by atoms with E-state index < -0.39 is 24.6 Å². The lowest BCUT2D eigenvalue weighted by atomic mass is 9.88. The summed E-state index contributed by atoms with van der Waals surface area (Å²) in [4.78, 5) is 26.3. The fraction of sp³-hybridized carbons (Fsp3) is 0.407. The van der Waals surface area contributed by atoms with E-state index in [9.17, 15) is 31.5 Å². The summed E-state index contributed by atoms with van der Waals surface area (Å²) in [5.74, 6) is -2.87. The predicted molar refractivity (Wildman–Crippen MR) is 129 cm³/mol. The molecule has 198 valence electrons. The Hall–Kier alpha value is -3.43. The number of fused-ring (bicyclic) bond motifs is 1. The number of para-hydroxylation sites is 1. The maximum Gasteiger partial charge on any atom is 0.471 e. The van der Waals surface area contributed by atoms with Crippen LogP contribution < -0.4 is 5.32 Å². The van der Waals surface area contributed by atoms with Crippen LogP contribution in [0.1, 0.15) is 52.2 Å². The van der Waals surface area contributed by atoms with Crippen LogP contribution in [0.4, 0.5) is 22.0 Å². The highest BCUT2D eigenvalue weighted by Gasteiger charge is 2.38. The lowest BCUT2D eigenvalue weighted by Crippen LogP contribution is -2.38. The van der Waals surface area contributed by atoms with E-state index in [1.807, 2.05) is 29.7 Å². The number of amides is 2. The van der Waals surface area contributed by atoms with E-state index in [1.165, 1.54) is 18.2 Å². The van der Waals surface area contributed by atoms with Gasteiger partial charge in [0.25, 0.3) is 5.91 Å². The molecular formula is C27H28F5N3O2. The van der Waals surface area contributed by atoms with Gasteiger partial charge in [-0.25, -0.2) is 4.39 Å². The Morgan fingerprint density at radius 1 is 1.11 bits per heavy atom. The Kier molecular flexibility index (Phi) is 7.85. The second kappa shape index (κ2) is 10.9. The molecule has 4 rings (SSSR count). The topological polar surface area (TPSA) is 54.3 Å². The first-order valence-corrected chi connectivity index (χ1v) is 12.2. The Labute approximate surface area is 211 Å². The fourth-order valence-corrected chi connectivity index (χ4v) is 4.99. The first-order chi connectivity index (χ1) is 17.6.